The molecule has 0 fully saturated rings. The molecular formula is C20H20ClF3N2O2. The van der Waals surface area contributed by atoms with Gasteiger partial charge in [0.15, 0.2) is 0 Å². The van der Waals surface area contributed by atoms with Crippen LogP contribution in [0.3, 0.4) is 0 Å². The summed E-state index contributed by atoms with van der Waals surface area (Å²) in [5.74, 6) is 0.488. The van der Waals surface area contributed by atoms with E-state index < -0.39 is 11.7 Å². The lowest BCUT2D eigenvalue weighted by Crippen LogP contribution is -2.24. The van der Waals surface area contributed by atoms with Crippen molar-refractivity contribution in [2.75, 3.05) is 7.11 Å². The van der Waals surface area contributed by atoms with E-state index in [4.69, 9.17) is 16.3 Å². The van der Waals surface area contributed by atoms with Crippen LogP contribution in [-0.2, 0) is 19.3 Å². The number of ether oxygens (including phenoxy) is 1. The molecule has 150 valence electrons. The molecule has 0 radical (unpaired) electrons. The molecule has 0 spiro atoms. The van der Waals surface area contributed by atoms with Crippen molar-refractivity contribution >= 4 is 22.6 Å². The molecule has 0 saturated carbocycles. The third-order valence-corrected chi connectivity index (χ3v) is 4.93. The van der Waals surface area contributed by atoms with Crippen LogP contribution < -0.4 is 10.4 Å². The van der Waals surface area contributed by atoms with Crippen molar-refractivity contribution in [1.29, 1.82) is 0 Å². The van der Waals surface area contributed by atoms with Crippen molar-refractivity contribution in [3.63, 3.8) is 0 Å². The molecule has 0 aliphatic heterocycles. The predicted molar refractivity (Wildman–Crippen MR) is 103 cm³/mol. The van der Waals surface area contributed by atoms with Crippen LogP contribution in [-0.4, -0.2) is 16.2 Å². The Kier molecular flexibility index (Phi) is 5.74. The summed E-state index contributed by atoms with van der Waals surface area (Å²) in [5.41, 5.74) is 0.317. The Bertz CT molecular complexity index is 1050. The van der Waals surface area contributed by atoms with Crippen molar-refractivity contribution in [2.45, 2.75) is 39.0 Å². The van der Waals surface area contributed by atoms with Gasteiger partial charge in [-0.15, -0.1) is 0 Å². The van der Waals surface area contributed by atoms with Gasteiger partial charge >= 0.3 is 11.9 Å². The van der Waals surface area contributed by atoms with Gasteiger partial charge in [0.1, 0.15) is 5.75 Å². The minimum atomic E-state index is -4.48. The number of aromatic nitrogens is 2. The fourth-order valence-electron chi connectivity index (χ4n) is 3.17. The second-order valence-electron chi connectivity index (χ2n) is 6.54. The van der Waals surface area contributed by atoms with E-state index in [0.717, 1.165) is 25.0 Å². The maximum atomic E-state index is 13.2. The third-order valence-electron chi connectivity index (χ3n) is 4.64. The normalized spacial score (nSPS) is 11.9. The number of nitrogens with zero attached hydrogens (tertiary/aromatic N) is 2. The zero-order valence-electron chi connectivity index (χ0n) is 15.5. The quantitative estimate of drug-likeness (QED) is 0.548. The molecule has 3 aromatic rings. The van der Waals surface area contributed by atoms with Crippen LogP contribution in [0.2, 0.25) is 5.02 Å². The Morgan fingerprint density at radius 1 is 1.07 bits per heavy atom. The zero-order chi connectivity index (χ0) is 20.5. The monoisotopic (exact) mass is 412 g/mol. The molecule has 0 aliphatic rings. The summed E-state index contributed by atoms with van der Waals surface area (Å²) in [6, 6.07) is 8.46. The number of imidazole rings is 1. The zero-order valence-corrected chi connectivity index (χ0v) is 16.3. The number of halogens is 4. The van der Waals surface area contributed by atoms with Crippen LogP contribution in [0.1, 0.15) is 30.9 Å². The van der Waals surface area contributed by atoms with Gasteiger partial charge in [0.05, 0.1) is 35.3 Å². The molecule has 0 bridgehead atoms. The van der Waals surface area contributed by atoms with E-state index in [1.165, 1.54) is 22.3 Å². The van der Waals surface area contributed by atoms with Crippen molar-refractivity contribution < 1.29 is 17.9 Å². The molecule has 28 heavy (non-hydrogen) atoms. The van der Waals surface area contributed by atoms with Crippen LogP contribution in [0.15, 0.2) is 41.2 Å². The lowest BCUT2D eigenvalue weighted by Gasteiger charge is -2.09. The van der Waals surface area contributed by atoms with Crippen LogP contribution in [0.4, 0.5) is 13.2 Å². The van der Waals surface area contributed by atoms with Crippen LogP contribution >= 0.6 is 11.6 Å². The lowest BCUT2D eigenvalue weighted by molar-refractivity contribution is -0.137. The van der Waals surface area contributed by atoms with E-state index in [0.29, 0.717) is 28.4 Å². The predicted octanol–water partition coefficient (Wildman–Crippen LogP) is 5.33. The molecule has 0 aliphatic carbocycles. The van der Waals surface area contributed by atoms with Gasteiger partial charge in [0.25, 0.3) is 0 Å². The summed E-state index contributed by atoms with van der Waals surface area (Å²) in [6.07, 6.45) is -2.85. The average molecular weight is 413 g/mol. The standard InChI is InChI=1S/C20H20ClF3N2O2/c1-3-4-9-25-16-7-6-14(20(22,23)24)11-17(16)26(19(25)27)12-13-5-8-18(28-2)15(21)10-13/h5-8,10-11H,3-4,9,12H2,1-2H3. The molecule has 1 aromatic heterocycles. The molecular weight excluding hydrogens is 393 g/mol. The SMILES string of the molecule is CCCCn1c(=O)n(Cc2ccc(OC)c(Cl)c2)c2cc(C(F)(F)F)ccc21. The highest BCUT2D eigenvalue weighted by molar-refractivity contribution is 6.32. The van der Waals surface area contributed by atoms with Gasteiger partial charge < -0.3 is 4.74 Å². The molecule has 0 unspecified atom stereocenters. The summed E-state index contributed by atoms with van der Waals surface area (Å²) in [5, 5.41) is 0.374. The third kappa shape index (κ3) is 3.90. The van der Waals surface area contributed by atoms with E-state index in [9.17, 15) is 18.0 Å². The minimum absolute atomic E-state index is 0.111. The molecule has 1 heterocycles. The van der Waals surface area contributed by atoms with Gasteiger partial charge in [-0.3, -0.25) is 9.13 Å². The van der Waals surface area contributed by atoms with Crippen molar-refractivity contribution in [3.8, 4) is 5.75 Å². The number of aryl methyl sites for hydroxylation is 1. The molecule has 4 nitrogen and oxygen atoms in total. The number of methoxy groups -OCH3 is 1. The first kappa shape index (κ1) is 20.3. The molecule has 8 heteroatoms. The van der Waals surface area contributed by atoms with Crippen molar-refractivity contribution in [2.24, 2.45) is 0 Å². The Morgan fingerprint density at radius 2 is 1.82 bits per heavy atom. The Hall–Kier alpha value is -2.41. The van der Waals surface area contributed by atoms with E-state index >= 15 is 0 Å². The van der Waals surface area contributed by atoms with Gasteiger partial charge in [-0.25, -0.2) is 4.79 Å². The summed E-state index contributed by atoms with van der Waals surface area (Å²) in [4.78, 5) is 13.0. The second-order valence-corrected chi connectivity index (χ2v) is 6.95. The molecule has 2 aromatic carbocycles. The number of fused-ring (bicyclic) bond motifs is 1. The summed E-state index contributed by atoms with van der Waals surface area (Å²) < 4.78 is 47.6. The molecule has 0 atom stereocenters. The van der Waals surface area contributed by atoms with Gasteiger partial charge in [-0.1, -0.05) is 31.0 Å². The molecule has 0 saturated heterocycles. The number of benzene rings is 2. The highest BCUT2D eigenvalue weighted by atomic mass is 35.5. The Balaban J connectivity index is 2.14. The molecule has 0 N–H and O–H groups in total. The van der Waals surface area contributed by atoms with Gasteiger partial charge in [0.2, 0.25) is 0 Å². The maximum absolute atomic E-state index is 13.2. The van der Waals surface area contributed by atoms with Crippen LogP contribution in [0.25, 0.3) is 11.0 Å². The first-order valence-electron chi connectivity index (χ1n) is 8.89. The number of rotatable bonds is 6. The van der Waals surface area contributed by atoms with E-state index in [2.05, 4.69) is 0 Å². The van der Waals surface area contributed by atoms with Crippen LogP contribution in [0.5, 0.6) is 5.75 Å². The average Bonchev–Trinajstić information content (AvgIpc) is 2.90. The molecule has 0 amide bonds. The largest absolute Gasteiger partial charge is 0.495 e. The number of hydrogen-bond donors (Lipinski definition) is 0. The van der Waals surface area contributed by atoms with Gasteiger partial charge in [-0.05, 0) is 42.3 Å². The van der Waals surface area contributed by atoms with Crippen molar-refractivity contribution in [1.82, 2.24) is 9.13 Å². The Morgan fingerprint density at radius 3 is 2.43 bits per heavy atom. The number of unbranched alkanes of at least 4 members (excludes halogenated alkanes) is 1. The smallest absolute Gasteiger partial charge is 0.416 e. The van der Waals surface area contributed by atoms with E-state index in [-0.39, 0.29) is 17.8 Å². The summed E-state index contributed by atoms with van der Waals surface area (Å²) >= 11 is 6.15. The lowest BCUT2D eigenvalue weighted by atomic mass is 10.1. The van der Waals surface area contributed by atoms with Crippen molar-refractivity contribution in [3.05, 3.63) is 63.0 Å². The van der Waals surface area contributed by atoms with E-state index in [1.54, 1.807) is 18.2 Å². The number of alkyl halides is 3. The van der Waals surface area contributed by atoms with Gasteiger partial charge in [-0.2, -0.15) is 13.2 Å². The minimum Gasteiger partial charge on any atom is -0.495 e. The number of hydrogen-bond acceptors (Lipinski definition) is 2. The summed E-state index contributed by atoms with van der Waals surface area (Å²) in [6.45, 7) is 2.55. The first-order chi connectivity index (χ1) is 13.3. The second kappa shape index (κ2) is 7.91. The highest BCUT2D eigenvalue weighted by Gasteiger charge is 2.31. The fourth-order valence-corrected chi connectivity index (χ4v) is 3.45. The molecule has 3 rings (SSSR count). The van der Waals surface area contributed by atoms with E-state index in [1.807, 2.05) is 6.92 Å². The maximum Gasteiger partial charge on any atom is 0.416 e. The highest BCUT2D eigenvalue weighted by Crippen LogP contribution is 2.32. The Labute approximate surface area is 165 Å². The van der Waals surface area contributed by atoms with Crippen LogP contribution in [0, 0.1) is 0 Å². The van der Waals surface area contributed by atoms with Gasteiger partial charge in [0, 0.05) is 6.54 Å². The fraction of sp³-hybridized carbons (Fsp3) is 0.350. The summed E-state index contributed by atoms with van der Waals surface area (Å²) in [7, 11) is 1.49. The first-order valence-corrected chi connectivity index (χ1v) is 9.26. The topological polar surface area (TPSA) is 36.2 Å².